The number of esters is 2. The van der Waals surface area contributed by atoms with Crippen LogP contribution < -0.4 is 19.6 Å². The van der Waals surface area contributed by atoms with Gasteiger partial charge in [0.1, 0.15) is 0 Å². The molecule has 0 spiro atoms. The fourth-order valence-electron chi connectivity index (χ4n) is 4.43. The van der Waals surface area contributed by atoms with Crippen molar-refractivity contribution >= 4 is 46.8 Å². The number of benzene rings is 3. The summed E-state index contributed by atoms with van der Waals surface area (Å²) < 4.78 is 11.0. The molecule has 2 atom stereocenters. The maximum atomic E-state index is 14.0. The van der Waals surface area contributed by atoms with E-state index in [1.807, 2.05) is 12.1 Å². The van der Waals surface area contributed by atoms with E-state index in [0.29, 0.717) is 35.6 Å². The summed E-state index contributed by atoms with van der Waals surface area (Å²) >= 11 is 0. The fourth-order valence-corrected chi connectivity index (χ4v) is 4.43. The summed E-state index contributed by atoms with van der Waals surface area (Å²) in [7, 11) is 3.19. The minimum Gasteiger partial charge on any atom is -0.438 e. The second-order valence-corrected chi connectivity index (χ2v) is 9.62. The number of para-hydroxylation sites is 2. The molecule has 10 nitrogen and oxygen atoms in total. The molecule has 0 saturated heterocycles. The van der Waals surface area contributed by atoms with E-state index in [2.05, 4.69) is 13.2 Å². The molecule has 4 amide bonds. The van der Waals surface area contributed by atoms with Crippen LogP contribution in [0.1, 0.15) is 26.7 Å². The van der Waals surface area contributed by atoms with Gasteiger partial charge in [-0.1, -0.05) is 69.5 Å². The highest BCUT2D eigenvalue weighted by Gasteiger charge is 2.32. The molecule has 0 aliphatic rings. The normalized spacial score (nSPS) is 11.7. The molecule has 0 aromatic heterocycles. The fraction of sp³-hybridized carbons (Fsp3) is 0.235. The molecule has 3 aromatic rings. The Bertz CT molecular complexity index is 1360. The Balaban J connectivity index is 1.96. The molecule has 0 N–H and O–H groups in total. The number of nitrogens with zero attached hydrogens (tertiary/aromatic N) is 4. The van der Waals surface area contributed by atoms with Crippen LogP contribution in [0.5, 0.6) is 0 Å². The Morgan fingerprint density at radius 3 is 1.27 bits per heavy atom. The van der Waals surface area contributed by atoms with E-state index in [1.165, 1.54) is 19.6 Å². The second-order valence-electron chi connectivity index (χ2n) is 9.62. The lowest BCUT2D eigenvalue weighted by atomic mass is 10.2. The zero-order chi connectivity index (χ0) is 32.2. The van der Waals surface area contributed by atoms with Gasteiger partial charge in [0.05, 0.1) is 0 Å². The van der Waals surface area contributed by atoms with E-state index in [9.17, 15) is 19.2 Å². The van der Waals surface area contributed by atoms with Gasteiger partial charge in [-0.2, -0.15) is 0 Å². The monoisotopic (exact) mass is 598 g/mol. The van der Waals surface area contributed by atoms with Crippen molar-refractivity contribution in [1.82, 2.24) is 0 Å². The third-order valence-corrected chi connectivity index (χ3v) is 6.77. The zero-order valence-electron chi connectivity index (χ0n) is 25.5. The highest BCUT2D eigenvalue weighted by atomic mass is 16.6. The van der Waals surface area contributed by atoms with E-state index in [1.54, 1.807) is 101 Å². The first kappa shape index (κ1) is 33.1. The number of hydrogen-bond acceptors (Lipinski definition) is 6. The zero-order valence-corrected chi connectivity index (χ0v) is 25.5. The first-order valence-corrected chi connectivity index (χ1v) is 14.2. The van der Waals surface area contributed by atoms with Gasteiger partial charge < -0.3 is 9.47 Å². The summed E-state index contributed by atoms with van der Waals surface area (Å²) in [6.45, 7) is 10.5. The van der Waals surface area contributed by atoms with Crippen LogP contribution in [0, 0.1) is 0 Å². The molecule has 3 aromatic carbocycles. The van der Waals surface area contributed by atoms with Gasteiger partial charge in [0.25, 0.3) is 0 Å². The van der Waals surface area contributed by atoms with Crippen molar-refractivity contribution < 1.29 is 28.7 Å². The van der Waals surface area contributed by atoms with E-state index < -0.39 is 36.5 Å². The summed E-state index contributed by atoms with van der Waals surface area (Å²) in [6.07, 6.45) is 0.973. The topological polar surface area (TPSA) is 99.7 Å². The first-order valence-electron chi connectivity index (χ1n) is 14.2. The third-order valence-electron chi connectivity index (χ3n) is 6.77. The number of hydrogen-bond donors (Lipinski definition) is 0. The maximum absolute atomic E-state index is 14.0. The van der Waals surface area contributed by atoms with Crippen LogP contribution in [0.2, 0.25) is 0 Å². The third kappa shape index (κ3) is 7.91. The quantitative estimate of drug-likeness (QED) is 0.130. The van der Waals surface area contributed by atoms with Gasteiger partial charge in [0.15, 0.2) is 12.5 Å². The predicted molar refractivity (Wildman–Crippen MR) is 173 cm³/mol. The predicted octanol–water partition coefficient (Wildman–Crippen LogP) is 6.74. The average molecular weight is 599 g/mol. The van der Waals surface area contributed by atoms with Crippen molar-refractivity contribution in [3.63, 3.8) is 0 Å². The van der Waals surface area contributed by atoms with Gasteiger partial charge in [-0.15, -0.1) is 0 Å². The highest BCUT2D eigenvalue weighted by Crippen LogP contribution is 2.28. The van der Waals surface area contributed by atoms with Crippen LogP contribution in [0.25, 0.3) is 0 Å². The Morgan fingerprint density at radius 1 is 0.614 bits per heavy atom. The molecule has 0 bridgehead atoms. The van der Waals surface area contributed by atoms with Crippen molar-refractivity contribution in [2.24, 2.45) is 0 Å². The first-order chi connectivity index (χ1) is 21.2. The number of carbonyl (C=O) groups excluding carboxylic acids is 4. The van der Waals surface area contributed by atoms with Gasteiger partial charge in [-0.25, -0.2) is 19.2 Å². The molecule has 2 unspecified atom stereocenters. The lowest BCUT2D eigenvalue weighted by Gasteiger charge is -2.35. The summed E-state index contributed by atoms with van der Waals surface area (Å²) in [5, 5.41) is 0. The summed E-state index contributed by atoms with van der Waals surface area (Å²) in [6, 6.07) is 23.7. The van der Waals surface area contributed by atoms with E-state index >= 15 is 0 Å². The molecule has 0 aliphatic carbocycles. The van der Waals surface area contributed by atoms with Crippen molar-refractivity contribution in [3.8, 4) is 0 Å². The molecule has 0 radical (unpaired) electrons. The average Bonchev–Trinajstić information content (AvgIpc) is 3.07. The molecule has 0 aliphatic heterocycles. The van der Waals surface area contributed by atoms with Gasteiger partial charge >= 0.3 is 24.0 Å². The largest absolute Gasteiger partial charge is 0.438 e. The van der Waals surface area contributed by atoms with Gasteiger partial charge in [-0.05, 0) is 42.5 Å². The second kappa shape index (κ2) is 15.7. The van der Waals surface area contributed by atoms with Crippen molar-refractivity contribution in [2.45, 2.75) is 39.1 Å². The summed E-state index contributed by atoms with van der Waals surface area (Å²) in [4.78, 5) is 57.8. The molecule has 3 rings (SSSR count). The Labute approximate surface area is 258 Å². The minimum absolute atomic E-state index is 0.329. The summed E-state index contributed by atoms with van der Waals surface area (Å²) in [5.74, 6) is -1.30. The van der Waals surface area contributed by atoms with E-state index in [-0.39, 0.29) is 0 Å². The molecular weight excluding hydrogens is 560 g/mol. The standard InChI is InChI=1S/C34H38N4O6/c1-7-29(43-31(39)9-3)37(25-18-13-11-14-19-25)33(41)35(5)27-22-17-23-28(24-27)36(6)34(42)38(26-20-15-12-16-21-26)30(8-2)44-32(40)10-4/h9-24,29-30H,3-4,7-8H2,1-2,5-6H3. The van der Waals surface area contributed by atoms with E-state index in [0.717, 1.165) is 12.2 Å². The molecule has 0 saturated carbocycles. The minimum atomic E-state index is -0.894. The number of amides is 4. The van der Waals surface area contributed by atoms with Gasteiger partial charge in [-0.3, -0.25) is 19.6 Å². The van der Waals surface area contributed by atoms with Crippen molar-refractivity contribution in [1.29, 1.82) is 0 Å². The molecule has 10 heteroatoms. The van der Waals surface area contributed by atoms with Crippen LogP contribution in [0.3, 0.4) is 0 Å². The van der Waals surface area contributed by atoms with Gasteiger partial charge in [0, 0.05) is 61.8 Å². The summed E-state index contributed by atoms with van der Waals surface area (Å²) in [5.41, 5.74) is 2.04. The van der Waals surface area contributed by atoms with Crippen molar-refractivity contribution in [2.75, 3.05) is 33.7 Å². The maximum Gasteiger partial charge on any atom is 0.332 e. The van der Waals surface area contributed by atoms with Crippen LogP contribution in [0.4, 0.5) is 32.3 Å². The number of anilines is 4. The number of rotatable bonds is 12. The molecular formula is C34H38N4O6. The van der Waals surface area contributed by atoms with Crippen LogP contribution in [-0.4, -0.2) is 50.6 Å². The lowest BCUT2D eigenvalue weighted by Crippen LogP contribution is -2.49. The molecule has 44 heavy (non-hydrogen) atoms. The van der Waals surface area contributed by atoms with Crippen LogP contribution in [0.15, 0.2) is 110 Å². The van der Waals surface area contributed by atoms with Crippen LogP contribution >= 0.6 is 0 Å². The number of carbonyl (C=O) groups is 4. The molecule has 0 fully saturated rings. The van der Waals surface area contributed by atoms with Crippen LogP contribution in [-0.2, 0) is 19.1 Å². The number of urea groups is 2. The van der Waals surface area contributed by atoms with Crippen molar-refractivity contribution in [3.05, 3.63) is 110 Å². The Morgan fingerprint density at radius 2 is 0.955 bits per heavy atom. The molecule has 0 heterocycles. The SMILES string of the molecule is C=CC(=O)OC(CC)N(C(=O)N(C)c1cccc(N(C)C(=O)N(c2ccccc2)C(CC)OC(=O)C=C)c1)c1ccccc1. The Hall–Kier alpha value is -5.38. The smallest absolute Gasteiger partial charge is 0.332 e. The highest BCUT2D eigenvalue weighted by molar-refractivity contribution is 6.06. The Kier molecular flexibility index (Phi) is 11.8. The number of ether oxygens (including phenoxy) is 2. The van der Waals surface area contributed by atoms with Gasteiger partial charge in [0.2, 0.25) is 0 Å². The lowest BCUT2D eigenvalue weighted by molar-refractivity contribution is -0.143. The van der Waals surface area contributed by atoms with E-state index in [4.69, 9.17) is 9.47 Å². The molecule has 230 valence electrons.